The second-order valence-electron chi connectivity index (χ2n) is 7.72. The molecule has 1 aromatic heterocycles. The third-order valence-electron chi connectivity index (χ3n) is 5.49. The number of aromatic nitrogens is 2. The van der Waals surface area contributed by atoms with Crippen LogP contribution in [-0.2, 0) is 4.79 Å². The molecule has 0 saturated carbocycles. The van der Waals surface area contributed by atoms with Crippen LogP contribution in [-0.4, -0.2) is 71.4 Å². The number of likely N-dealkylation sites (N-methyl/N-ethyl adjacent to an activating group) is 1. The molecule has 0 aliphatic carbocycles. The molecule has 0 spiro atoms. The minimum atomic E-state index is -0.0134. The fourth-order valence-electron chi connectivity index (χ4n) is 3.60. The minimum absolute atomic E-state index is 0.0119. The van der Waals surface area contributed by atoms with Gasteiger partial charge in [0.15, 0.2) is 0 Å². The van der Waals surface area contributed by atoms with E-state index in [0.717, 1.165) is 16.9 Å². The van der Waals surface area contributed by atoms with Crippen LogP contribution in [0.5, 0.6) is 0 Å². The molecular formula is C24H25ClN6O2. The maximum atomic E-state index is 12.9. The lowest BCUT2D eigenvalue weighted by Gasteiger charge is -2.34. The van der Waals surface area contributed by atoms with Crippen LogP contribution >= 0.6 is 11.6 Å². The molecule has 2 amide bonds. The third-order valence-corrected chi connectivity index (χ3v) is 5.74. The van der Waals surface area contributed by atoms with Crippen molar-refractivity contribution in [2.24, 2.45) is 0 Å². The van der Waals surface area contributed by atoms with E-state index >= 15 is 0 Å². The van der Waals surface area contributed by atoms with E-state index < -0.39 is 0 Å². The monoisotopic (exact) mass is 464 g/mol. The van der Waals surface area contributed by atoms with Gasteiger partial charge < -0.3 is 15.5 Å². The molecule has 33 heavy (non-hydrogen) atoms. The number of nitrogens with zero attached hydrogens (tertiary/aromatic N) is 4. The number of anilines is 2. The largest absolute Gasteiger partial charge is 0.358 e. The van der Waals surface area contributed by atoms with Crippen LogP contribution in [0.25, 0.3) is 11.3 Å². The molecule has 0 unspecified atom stereocenters. The summed E-state index contributed by atoms with van der Waals surface area (Å²) in [5.74, 6) is 0.441. The molecule has 1 aliphatic rings. The van der Waals surface area contributed by atoms with Crippen molar-refractivity contribution in [3.8, 4) is 11.3 Å². The molecule has 1 saturated heterocycles. The predicted octanol–water partition coefficient (Wildman–Crippen LogP) is 3.04. The molecule has 9 heteroatoms. The summed E-state index contributed by atoms with van der Waals surface area (Å²) >= 11 is 5.96. The average molecular weight is 465 g/mol. The smallest absolute Gasteiger partial charge is 0.253 e. The normalized spacial score (nSPS) is 14.1. The first-order valence-corrected chi connectivity index (χ1v) is 11.1. The van der Waals surface area contributed by atoms with Crippen molar-refractivity contribution in [3.05, 3.63) is 71.4 Å². The van der Waals surface area contributed by atoms with Crippen LogP contribution in [0.15, 0.2) is 60.8 Å². The lowest BCUT2D eigenvalue weighted by molar-refractivity contribution is -0.122. The van der Waals surface area contributed by atoms with Crippen LogP contribution < -0.4 is 10.6 Å². The number of nitrogens with one attached hydrogen (secondary N) is 2. The van der Waals surface area contributed by atoms with Crippen LogP contribution in [0.1, 0.15) is 10.4 Å². The van der Waals surface area contributed by atoms with Gasteiger partial charge in [0.25, 0.3) is 5.91 Å². The Bertz CT molecular complexity index is 1110. The number of amides is 2. The Kier molecular flexibility index (Phi) is 7.16. The van der Waals surface area contributed by atoms with Gasteiger partial charge in [-0.25, -0.2) is 9.97 Å². The molecule has 1 fully saturated rings. The van der Waals surface area contributed by atoms with Gasteiger partial charge >= 0.3 is 0 Å². The second kappa shape index (κ2) is 10.4. The van der Waals surface area contributed by atoms with E-state index in [1.54, 1.807) is 25.4 Å². The summed E-state index contributed by atoms with van der Waals surface area (Å²) < 4.78 is 0. The molecule has 3 aromatic rings. The van der Waals surface area contributed by atoms with E-state index in [4.69, 9.17) is 11.6 Å². The molecule has 2 aromatic carbocycles. The van der Waals surface area contributed by atoms with Crippen molar-refractivity contribution in [2.45, 2.75) is 0 Å². The minimum Gasteiger partial charge on any atom is -0.358 e. The van der Waals surface area contributed by atoms with Gasteiger partial charge in [0, 0.05) is 61.3 Å². The lowest BCUT2D eigenvalue weighted by atomic mass is 10.1. The van der Waals surface area contributed by atoms with Crippen LogP contribution in [0.4, 0.5) is 11.6 Å². The fourth-order valence-corrected chi connectivity index (χ4v) is 3.73. The SMILES string of the molecule is CNC(=O)CN1CCN(C(=O)c2ccc(Nc3nccc(-c4ccc(Cl)cc4)n3)cc2)CC1. The molecule has 2 heterocycles. The number of carbonyl (C=O) groups is 2. The summed E-state index contributed by atoms with van der Waals surface area (Å²) in [6, 6.07) is 16.6. The van der Waals surface area contributed by atoms with E-state index in [0.29, 0.717) is 49.3 Å². The van der Waals surface area contributed by atoms with Gasteiger partial charge in [-0.05, 0) is 42.5 Å². The van der Waals surface area contributed by atoms with Crippen molar-refractivity contribution in [1.29, 1.82) is 0 Å². The molecule has 0 bridgehead atoms. The quantitative estimate of drug-likeness (QED) is 0.582. The highest BCUT2D eigenvalue weighted by Crippen LogP contribution is 2.22. The summed E-state index contributed by atoms with van der Waals surface area (Å²) in [6.07, 6.45) is 1.70. The summed E-state index contributed by atoms with van der Waals surface area (Å²) in [6.45, 7) is 2.92. The van der Waals surface area contributed by atoms with E-state index in [9.17, 15) is 9.59 Å². The number of piperazine rings is 1. The number of rotatable bonds is 6. The Balaban J connectivity index is 1.36. The van der Waals surface area contributed by atoms with Crippen molar-refractivity contribution >= 4 is 35.1 Å². The molecular weight excluding hydrogens is 440 g/mol. The number of hydrogen-bond donors (Lipinski definition) is 2. The Morgan fingerprint density at radius 2 is 1.67 bits per heavy atom. The van der Waals surface area contributed by atoms with E-state index in [-0.39, 0.29) is 11.8 Å². The molecule has 0 atom stereocenters. The van der Waals surface area contributed by atoms with Crippen molar-refractivity contribution in [1.82, 2.24) is 25.1 Å². The summed E-state index contributed by atoms with van der Waals surface area (Å²) in [5.41, 5.74) is 3.14. The van der Waals surface area contributed by atoms with Gasteiger partial charge in [-0.2, -0.15) is 0 Å². The summed E-state index contributed by atoms with van der Waals surface area (Å²) in [7, 11) is 1.63. The highest BCUT2D eigenvalue weighted by Gasteiger charge is 2.23. The first-order chi connectivity index (χ1) is 16.0. The van der Waals surface area contributed by atoms with Gasteiger partial charge in [-0.3, -0.25) is 14.5 Å². The Morgan fingerprint density at radius 3 is 2.33 bits per heavy atom. The zero-order valence-electron chi connectivity index (χ0n) is 18.3. The van der Waals surface area contributed by atoms with E-state index in [1.807, 2.05) is 52.3 Å². The second-order valence-corrected chi connectivity index (χ2v) is 8.15. The molecule has 1 aliphatic heterocycles. The van der Waals surface area contributed by atoms with Crippen molar-refractivity contribution < 1.29 is 9.59 Å². The van der Waals surface area contributed by atoms with Crippen molar-refractivity contribution in [3.63, 3.8) is 0 Å². The fraction of sp³-hybridized carbons (Fsp3) is 0.250. The molecule has 0 radical (unpaired) electrons. The van der Waals surface area contributed by atoms with E-state index in [2.05, 4.69) is 20.6 Å². The third kappa shape index (κ3) is 5.85. The van der Waals surface area contributed by atoms with Crippen LogP contribution in [0.3, 0.4) is 0 Å². The number of halogens is 1. The summed E-state index contributed by atoms with van der Waals surface area (Å²) in [5, 5.41) is 6.48. The van der Waals surface area contributed by atoms with Gasteiger partial charge in [0.2, 0.25) is 11.9 Å². The van der Waals surface area contributed by atoms with Gasteiger partial charge in [-0.15, -0.1) is 0 Å². The molecule has 2 N–H and O–H groups in total. The standard InChI is InChI=1S/C24H25ClN6O2/c1-26-22(32)16-30-12-14-31(15-13-30)23(33)18-4-8-20(9-5-18)28-24-27-11-10-21(29-24)17-2-6-19(25)7-3-17/h2-11H,12-16H2,1H3,(H,26,32)(H,27,28,29). The number of benzene rings is 2. The number of carbonyl (C=O) groups excluding carboxylic acids is 2. The predicted molar refractivity (Wildman–Crippen MR) is 129 cm³/mol. The molecule has 4 rings (SSSR count). The maximum absolute atomic E-state index is 12.9. The lowest BCUT2D eigenvalue weighted by Crippen LogP contribution is -2.50. The zero-order chi connectivity index (χ0) is 23.2. The van der Waals surface area contributed by atoms with Gasteiger partial charge in [-0.1, -0.05) is 23.7 Å². The molecule has 8 nitrogen and oxygen atoms in total. The Hall–Kier alpha value is -3.49. The Morgan fingerprint density at radius 1 is 0.970 bits per heavy atom. The topological polar surface area (TPSA) is 90.5 Å². The van der Waals surface area contributed by atoms with Gasteiger partial charge in [0.05, 0.1) is 12.2 Å². The van der Waals surface area contributed by atoms with Gasteiger partial charge in [0.1, 0.15) is 0 Å². The molecule has 170 valence electrons. The first-order valence-electron chi connectivity index (χ1n) is 10.7. The maximum Gasteiger partial charge on any atom is 0.253 e. The zero-order valence-corrected chi connectivity index (χ0v) is 19.0. The Labute approximate surface area is 197 Å². The highest BCUT2D eigenvalue weighted by molar-refractivity contribution is 6.30. The first kappa shape index (κ1) is 22.7. The van der Waals surface area contributed by atoms with Crippen LogP contribution in [0, 0.1) is 0 Å². The van der Waals surface area contributed by atoms with Crippen molar-refractivity contribution in [2.75, 3.05) is 45.1 Å². The van der Waals surface area contributed by atoms with E-state index in [1.165, 1.54) is 0 Å². The summed E-state index contributed by atoms with van der Waals surface area (Å²) in [4.78, 5) is 37.1. The highest BCUT2D eigenvalue weighted by atomic mass is 35.5. The average Bonchev–Trinajstić information content (AvgIpc) is 2.85. The van der Waals surface area contributed by atoms with Crippen LogP contribution in [0.2, 0.25) is 5.02 Å². The number of hydrogen-bond acceptors (Lipinski definition) is 6.